The van der Waals surface area contributed by atoms with Crippen LogP contribution in [0.15, 0.2) is 18.6 Å². The lowest BCUT2D eigenvalue weighted by Crippen LogP contribution is -1.67. The van der Waals surface area contributed by atoms with Crippen molar-refractivity contribution in [3.05, 3.63) is 24.8 Å². The molecule has 6 heavy (non-hydrogen) atoms. The molecule has 0 radical (unpaired) electrons. The largest absolute Gasteiger partial charge is 0.376 e. The first-order valence-corrected chi connectivity index (χ1v) is 1.62. The smallest absolute Gasteiger partial charge is 0.000697 e. The Kier molecular flexibility index (Phi) is 0.819. The zero-order chi connectivity index (χ0) is 4.24. The molecule has 0 bridgehead atoms. The molecule has 0 aliphatic carbocycles. The molecular formula is C4H3N2-. The number of rotatable bonds is 0. The lowest BCUT2D eigenvalue weighted by molar-refractivity contribution is 1.16. The summed E-state index contributed by atoms with van der Waals surface area (Å²) in [4.78, 5) is 7.19. The van der Waals surface area contributed by atoms with Crippen molar-refractivity contribution in [3.63, 3.8) is 0 Å². The number of hydrogen-bond acceptors (Lipinski definition) is 2. The highest BCUT2D eigenvalue weighted by Gasteiger charge is 1.47. The molecule has 0 fully saturated rings. The normalized spacial score (nSPS) is 8.00. The van der Waals surface area contributed by atoms with Crippen LogP contribution in [-0.2, 0) is 0 Å². The van der Waals surface area contributed by atoms with Crippen LogP contribution in [0.5, 0.6) is 0 Å². The second-order valence-corrected chi connectivity index (χ2v) is 0.838. The summed E-state index contributed by atoms with van der Waals surface area (Å²) in [7, 11) is 0. The van der Waals surface area contributed by atoms with E-state index in [9.17, 15) is 0 Å². The number of nitrogens with zero attached hydrogens (tertiary/aromatic N) is 2. The van der Waals surface area contributed by atoms with Crippen LogP contribution in [0.3, 0.4) is 0 Å². The Hall–Kier alpha value is -0.920. The molecule has 0 N–H and O–H groups in total. The summed E-state index contributed by atoms with van der Waals surface area (Å²) in [6, 6.07) is 1.65. The van der Waals surface area contributed by atoms with Gasteiger partial charge in [0.2, 0.25) is 0 Å². The Balaban J connectivity index is 3.00. The monoisotopic (exact) mass is 79.0 g/mol. The fourth-order valence-corrected chi connectivity index (χ4v) is 0.225. The maximum Gasteiger partial charge on any atom is -0.000697 e. The summed E-state index contributed by atoms with van der Waals surface area (Å²) >= 11 is 0. The third-order valence-corrected chi connectivity index (χ3v) is 0.434. The summed E-state index contributed by atoms with van der Waals surface area (Å²) in [6.07, 6.45) is 5.66. The zero-order valence-corrected chi connectivity index (χ0v) is 3.13. The molecule has 30 valence electrons. The second-order valence-electron chi connectivity index (χ2n) is 0.838. The molecule has 0 aromatic carbocycles. The highest BCUT2D eigenvalue weighted by atomic mass is 14.8. The Bertz CT molecular complexity index is 77.5. The average molecular weight is 79.1 g/mol. The van der Waals surface area contributed by atoms with Gasteiger partial charge < -0.3 is 9.97 Å². The maximum atomic E-state index is 3.64. The predicted octanol–water partition coefficient (Wildman–Crippen LogP) is 0.277. The van der Waals surface area contributed by atoms with Gasteiger partial charge in [-0.15, -0.1) is 6.07 Å². The molecule has 1 rings (SSSR count). The van der Waals surface area contributed by atoms with E-state index in [0.29, 0.717) is 0 Å². The molecule has 0 saturated heterocycles. The predicted molar refractivity (Wildman–Crippen MR) is 20.9 cm³/mol. The van der Waals surface area contributed by atoms with Crippen LogP contribution in [0.1, 0.15) is 0 Å². The van der Waals surface area contributed by atoms with E-state index in [4.69, 9.17) is 0 Å². The Morgan fingerprint density at radius 1 is 1.50 bits per heavy atom. The number of aromatic nitrogens is 2. The Morgan fingerprint density at radius 2 is 2.50 bits per heavy atom. The zero-order valence-electron chi connectivity index (χ0n) is 3.13. The first kappa shape index (κ1) is 3.28. The maximum absolute atomic E-state index is 3.64. The van der Waals surface area contributed by atoms with Gasteiger partial charge in [-0.05, 0) is 6.33 Å². The van der Waals surface area contributed by atoms with Crippen molar-refractivity contribution in [3.8, 4) is 0 Å². The second kappa shape index (κ2) is 1.50. The van der Waals surface area contributed by atoms with E-state index < -0.39 is 0 Å². The van der Waals surface area contributed by atoms with Crippen LogP contribution in [-0.4, -0.2) is 9.97 Å². The Morgan fingerprint density at radius 3 is 2.67 bits per heavy atom. The third-order valence-electron chi connectivity index (χ3n) is 0.434. The van der Waals surface area contributed by atoms with Gasteiger partial charge >= 0.3 is 0 Å². The van der Waals surface area contributed by atoms with Gasteiger partial charge in [0, 0.05) is 0 Å². The number of hydrogen-bond donors (Lipinski definition) is 0. The molecule has 1 aromatic heterocycles. The van der Waals surface area contributed by atoms with Crippen LogP contribution < -0.4 is 0 Å². The van der Waals surface area contributed by atoms with Gasteiger partial charge in [-0.25, -0.2) is 0 Å². The molecule has 2 heteroatoms. The van der Waals surface area contributed by atoms with Crippen molar-refractivity contribution in [1.82, 2.24) is 9.97 Å². The minimum absolute atomic E-state index is 1.44. The first-order chi connectivity index (χ1) is 3.00. The summed E-state index contributed by atoms with van der Waals surface area (Å²) in [5, 5.41) is 0. The van der Waals surface area contributed by atoms with Crippen molar-refractivity contribution in [2.75, 3.05) is 0 Å². The van der Waals surface area contributed by atoms with Gasteiger partial charge in [0.1, 0.15) is 0 Å². The van der Waals surface area contributed by atoms with Crippen LogP contribution in [0.4, 0.5) is 0 Å². The van der Waals surface area contributed by atoms with Gasteiger partial charge in [-0.1, -0.05) is 12.4 Å². The van der Waals surface area contributed by atoms with E-state index in [2.05, 4.69) is 16.2 Å². The molecule has 0 saturated carbocycles. The van der Waals surface area contributed by atoms with Gasteiger partial charge in [0.25, 0.3) is 0 Å². The van der Waals surface area contributed by atoms with E-state index in [-0.39, 0.29) is 0 Å². The van der Waals surface area contributed by atoms with E-state index in [1.807, 2.05) is 0 Å². The molecule has 1 aromatic rings. The van der Waals surface area contributed by atoms with Gasteiger partial charge in [0.05, 0.1) is 0 Å². The van der Waals surface area contributed by atoms with Gasteiger partial charge in [-0.2, -0.15) is 0 Å². The first-order valence-electron chi connectivity index (χ1n) is 1.62. The third kappa shape index (κ3) is 0.516. The molecule has 1 heterocycles. The quantitative estimate of drug-likeness (QED) is 0.417. The standard InChI is InChI=1S/C4H3N2/c1-2-5-4-6-3-1/h1-2,4H/q-1. The van der Waals surface area contributed by atoms with E-state index >= 15 is 0 Å². The lowest BCUT2D eigenvalue weighted by atomic mass is 10.7. The molecule has 2 nitrogen and oxygen atoms in total. The summed E-state index contributed by atoms with van der Waals surface area (Å²) < 4.78 is 0. The van der Waals surface area contributed by atoms with Crippen molar-refractivity contribution in [2.45, 2.75) is 0 Å². The van der Waals surface area contributed by atoms with Crippen LogP contribution in [0.25, 0.3) is 0 Å². The molecule has 0 unspecified atom stereocenters. The molecule has 0 aliphatic heterocycles. The summed E-state index contributed by atoms with van der Waals surface area (Å²) in [5.41, 5.74) is 0. The molecular weight excluding hydrogens is 76.1 g/mol. The highest BCUT2D eigenvalue weighted by molar-refractivity contribution is 4.72. The summed E-state index contributed by atoms with van der Waals surface area (Å²) in [6.45, 7) is 0. The van der Waals surface area contributed by atoms with E-state index in [0.717, 1.165) is 0 Å². The summed E-state index contributed by atoms with van der Waals surface area (Å²) in [5.74, 6) is 0. The SMILES string of the molecule is [c-]1ccncn1. The van der Waals surface area contributed by atoms with E-state index in [1.54, 1.807) is 12.3 Å². The molecule has 0 aliphatic rings. The lowest BCUT2D eigenvalue weighted by Gasteiger charge is -1.82. The molecule has 0 amide bonds. The van der Waals surface area contributed by atoms with Crippen LogP contribution in [0, 0.1) is 6.20 Å². The van der Waals surface area contributed by atoms with Crippen LogP contribution >= 0.6 is 0 Å². The van der Waals surface area contributed by atoms with Gasteiger partial charge in [-0.3, -0.25) is 0 Å². The highest BCUT2D eigenvalue weighted by Crippen LogP contribution is 1.65. The van der Waals surface area contributed by atoms with Gasteiger partial charge in [0.15, 0.2) is 0 Å². The minimum Gasteiger partial charge on any atom is -0.376 e. The van der Waals surface area contributed by atoms with Crippen molar-refractivity contribution < 1.29 is 0 Å². The van der Waals surface area contributed by atoms with Crippen molar-refractivity contribution >= 4 is 0 Å². The Labute approximate surface area is 35.9 Å². The van der Waals surface area contributed by atoms with Crippen molar-refractivity contribution in [2.24, 2.45) is 0 Å². The fourth-order valence-electron chi connectivity index (χ4n) is 0.225. The molecule has 0 spiro atoms. The fraction of sp³-hybridized carbons (Fsp3) is 0. The van der Waals surface area contributed by atoms with E-state index in [1.165, 1.54) is 6.33 Å². The van der Waals surface area contributed by atoms with Crippen molar-refractivity contribution in [1.29, 1.82) is 0 Å². The average Bonchev–Trinajstić information content (AvgIpc) is 1.72. The van der Waals surface area contributed by atoms with Crippen LogP contribution in [0.2, 0.25) is 0 Å². The molecule has 0 atom stereocenters. The minimum atomic E-state index is 1.44. The topological polar surface area (TPSA) is 25.8 Å².